The van der Waals surface area contributed by atoms with Crippen molar-refractivity contribution in [2.45, 2.75) is 0 Å². The number of nitrogens with one attached hydrogen (secondary N) is 1. The van der Waals surface area contributed by atoms with Crippen LogP contribution in [0.15, 0.2) is 36.4 Å². The summed E-state index contributed by atoms with van der Waals surface area (Å²) < 4.78 is 2.17. The minimum atomic E-state index is 0.126. The van der Waals surface area contributed by atoms with Gasteiger partial charge < -0.3 is 20.7 Å². The Bertz CT molecular complexity index is 746. The lowest BCUT2D eigenvalue weighted by molar-refractivity contribution is 0.311. The van der Waals surface area contributed by atoms with Crippen molar-refractivity contribution >= 4 is 33.2 Å². The van der Waals surface area contributed by atoms with E-state index < -0.39 is 0 Å². The molecule has 1 aromatic heterocycles. The average Bonchev–Trinajstić information content (AvgIpc) is 2.69. The van der Waals surface area contributed by atoms with Crippen molar-refractivity contribution in [2.24, 2.45) is 7.05 Å². The fourth-order valence-corrected chi connectivity index (χ4v) is 2.55. The van der Waals surface area contributed by atoms with Crippen molar-refractivity contribution in [1.29, 1.82) is 0 Å². The highest BCUT2D eigenvalue weighted by atomic mass is 16.3. The van der Waals surface area contributed by atoms with Gasteiger partial charge in [-0.15, -0.1) is 0 Å². The first-order chi connectivity index (χ1) is 9.20. The normalized spacial score (nSPS) is 11.3. The highest BCUT2D eigenvalue weighted by Gasteiger charge is 2.08. The summed E-state index contributed by atoms with van der Waals surface area (Å²) in [7, 11) is 2.06. The lowest BCUT2D eigenvalue weighted by Crippen LogP contribution is -2.04. The Kier molecular flexibility index (Phi) is 2.80. The van der Waals surface area contributed by atoms with Gasteiger partial charge in [-0.25, -0.2) is 0 Å². The largest absolute Gasteiger partial charge is 0.399 e. The number of benzene rings is 2. The number of nitrogens with zero attached hydrogens (tertiary/aromatic N) is 1. The van der Waals surface area contributed by atoms with Gasteiger partial charge in [0.2, 0.25) is 0 Å². The van der Waals surface area contributed by atoms with Crippen LogP contribution in [0.4, 0.5) is 11.4 Å². The molecule has 3 aromatic rings. The molecule has 0 amide bonds. The van der Waals surface area contributed by atoms with E-state index in [1.54, 1.807) is 0 Å². The van der Waals surface area contributed by atoms with Crippen LogP contribution in [0.2, 0.25) is 0 Å². The van der Waals surface area contributed by atoms with E-state index in [4.69, 9.17) is 10.8 Å². The van der Waals surface area contributed by atoms with Crippen LogP contribution in [0.25, 0.3) is 21.8 Å². The Morgan fingerprint density at radius 2 is 1.79 bits per heavy atom. The molecule has 3 rings (SSSR count). The molecule has 0 radical (unpaired) electrons. The Morgan fingerprint density at radius 1 is 1.11 bits per heavy atom. The van der Waals surface area contributed by atoms with Crippen molar-refractivity contribution in [1.82, 2.24) is 4.57 Å². The first-order valence-electron chi connectivity index (χ1n) is 6.33. The van der Waals surface area contributed by atoms with Gasteiger partial charge >= 0.3 is 0 Å². The number of anilines is 2. The molecule has 98 valence electrons. The average molecular weight is 255 g/mol. The minimum absolute atomic E-state index is 0.126. The van der Waals surface area contributed by atoms with Crippen LogP contribution in [-0.2, 0) is 7.05 Å². The third-order valence-corrected chi connectivity index (χ3v) is 3.47. The second-order valence-corrected chi connectivity index (χ2v) is 4.72. The van der Waals surface area contributed by atoms with E-state index in [-0.39, 0.29) is 6.61 Å². The van der Waals surface area contributed by atoms with E-state index >= 15 is 0 Å². The summed E-state index contributed by atoms with van der Waals surface area (Å²) in [6.45, 7) is 0.679. The number of nitrogen functional groups attached to an aromatic ring is 1. The Balaban J connectivity index is 2.25. The molecule has 0 unspecified atom stereocenters. The number of aliphatic hydroxyl groups is 1. The van der Waals surface area contributed by atoms with Crippen LogP contribution in [0, 0.1) is 0 Å². The van der Waals surface area contributed by atoms with Gasteiger partial charge in [-0.1, -0.05) is 0 Å². The SMILES string of the molecule is Cn1c2ccc(N)cc2c2cc(NCCO)ccc21. The van der Waals surface area contributed by atoms with Crippen LogP contribution in [0.5, 0.6) is 0 Å². The lowest BCUT2D eigenvalue weighted by Gasteiger charge is -2.04. The molecule has 0 aliphatic rings. The van der Waals surface area contributed by atoms with Crippen molar-refractivity contribution in [3.8, 4) is 0 Å². The first-order valence-corrected chi connectivity index (χ1v) is 6.33. The smallest absolute Gasteiger partial charge is 0.0604 e. The summed E-state index contributed by atoms with van der Waals surface area (Å²) in [5.41, 5.74) is 10.0. The number of aryl methyl sites for hydroxylation is 1. The van der Waals surface area contributed by atoms with Gasteiger partial charge in [-0.2, -0.15) is 0 Å². The zero-order valence-corrected chi connectivity index (χ0v) is 10.9. The summed E-state index contributed by atoms with van der Waals surface area (Å²) in [5, 5.41) is 14.4. The summed E-state index contributed by atoms with van der Waals surface area (Å²) in [6, 6.07) is 12.2. The minimum Gasteiger partial charge on any atom is -0.399 e. The molecule has 0 aliphatic heterocycles. The molecule has 1 heterocycles. The Morgan fingerprint density at radius 3 is 2.53 bits per heavy atom. The summed E-state index contributed by atoms with van der Waals surface area (Å²) in [5.74, 6) is 0. The number of hydrogen-bond acceptors (Lipinski definition) is 3. The molecule has 0 spiro atoms. The molecule has 0 fully saturated rings. The van der Waals surface area contributed by atoms with E-state index in [0.717, 1.165) is 16.8 Å². The van der Waals surface area contributed by atoms with E-state index in [0.29, 0.717) is 6.54 Å². The van der Waals surface area contributed by atoms with Gasteiger partial charge in [0.15, 0.2) is 0 Å². The zero-order chi connectivity index (χ0) is 13.4. The monoisotopic (exact) mass is 255 g/mol. The van der Waals surface area contributed by atoms with E-state index in [1.807, 2.05) is 24.3 Å². The third-order valence-electron chi connectivity index (χ3n) is 3.47. The van der Waals surface area contributed by atoms with Crippen LogP contribution < -0.4 is 11.1 Å². The molecule has 4 N–H and O–H groups in total. The van der Waals surface area contributed by atoms with E-state index in [9.17, 15) is 0 Å². The van der Waals surface area contributed by atoms with Crippen LogP contribution >= 0.6 is 0 Å². The second kappa shape index (κ2) is 4.48. The maximum absolute atomic E-state index is 8.87. The summed E-state index contributed by atoms with van der Waals surface area (Å²) >= 11 is 0. The van der Waals surface area contributed by atoms with Crippen LogP contribution in [0.1, 0.15) is 0 Å². The number of aliphatic hydroxyl groups excluding tert-OH is 1. The molecule has 0 saturated heterocycles. The molecule has 0 atom stereocenters. The van der Waals surface area contributed by atoms with Gasteiger partial charge in [0.25, 0.3) is 0 Å². The quantitative estimate of drug-likeness (QED) is 0.629. The number of nitrogens with two attached hydrogens (primary N) is 1. The van der Waals surface area contributed by atoms with Gasteiger partial charge in [-0.3, -0.25) is 0 Å². The van der Waals surface area contributed by atoms with Gasteiger partial charge in [0.05, 0.1) is 6.61 Å². The highest BCUT2D eigenvalue weighted by molar-refractivity contribution is 6.09. The van der Waals surface area contributed by atoms with Gasteiger partial charge in [-0.05, 0) is 36.4 Å². The van der Waals surface area contributed by atoms with Crippen LogP contribution in [-0.4, -0.2) is 22.8 Å². The van der Waals surface area contributed by atoms with Crippen LogP contribution in [0.3, 0.4) is 0 Å². The fourth-order valence-electron chi connectivity index (χ4n) is 2.55. The number of fused-ring (bicyclic) bond motifs is 3. The maximum Gasteiger partial charge on any atom is 0.0604 e. The molecular formula is C15H17N3O. The predicted molar refractivity (Wildman–Crippen MR) is 80.4 cm³/mol. The molecule has 0 bridgehead atoms. The lowest BCUT2D eigenvalue weighted by atomic mass is 10.1. The van der Waals surface area contributed by atoms with E-state index in [2.05, 4.69) is 29.1 Å². The molecular weight excluding hydrogens is 238 g/mol. The molecule has 0 saturated carbocycles. The number of aromatic nitrogens is 1. The molecule has 4 nitrogen and oxygen atoms in total. The number of hydrogen-bond donors (Lipinski definition) is 3. The standard InChI is InChI=1S/C15H17N3O/c1-18-14-4-2-10(16)8-12(14)13-9-11(17-6-7-19)3-5-15(13)18/h2-5,8-9,17,19H,6-7,16H2,1H3. The summed E-state index contributed by atoms with van der Waals surface area (Å²) in [4.78, 5) is 0. The number of rotatable bonds is 3. The van der Waals surface area contributed by atoms with E-state index in [1.165, 1.54) is 16.4 Å². The zero-order valence-electron chi connectivity index (χ0n) is 10.9. The molecule has 19 heavy (non-hydrogen) atoms. The molecule has 4 heteroatoms. The molecule has 2 aromatic carbocycles. The first kappa shape index (κ1) is 11.9. The Labute approximate surface area is 111 Å². The Hall–Kier alpha value is -2.20. The maximum atomic E-state index is 8.87. The topological polar surface area (TPSA) is 63.2 Å². The third kappa shape index (κ3) is 1.90. The van der Waals surface area contributed by atoms with Gasteiger partial charge in [0.1, 0.15) is 0 Å². The highest BCUT2D eigenvalue weighted by Crippen LogP contribution is 2.31. The van der Waals surface area contributed by atoms with Crippen molar-refractivity contribution in [3.63, 3.8) is 0 Å². The van der Waals surface area contributed by atoms with Crippen molar-refractivity contribution in [2.75, 3.05) is 24.2 Å². The van der Waals surface area contributed by atoms with Gasteiger partial charge in [0, 0.05) is 46.8 Å². The fraction of sp³-hybridized carbons (Fsp3) is 0.200. The second-order valence-electron chi connectivity index (χ2n) is 4.72. The van der Waals surface area contributed by atoms with Crippen molar-refractivity contribution in [3.05, 3.63) is 36.4 Å². The predicted octanol–water partition coefficient (Wildman–Crippen LogP) is 2.32. The van der Waals surface area contributed by atoms with Crippen molar-refractivity contribution < 1.29 is 5.11 Å². The molecule has 0 aliphatic carbocycles. The summed E-state index contributed by atoms with van der Waals surface area (Å²) in [6.07, 6.45) is 0.